The van der Waals surface area contributed by atoms with Gasteiger partial charge >= 0.3 is 5.97 Å². The molecule has 27 heavy (non-hydrogen) atoms. The molecule has 1 N–H and O–H groups in total. The minimum atomic E-state index is -3.15. The summed E-state index contributed by atoms with van der Waals surface area (Å²) in [4.78, 5) is 37.7. The van der Waals surface area contributed by atoms with Crippen molar-refractivity contribution in [3.8, 4) is 0 Å². The summed E-state index contributed by atoms with van der Waals surface area (Å²) in [6.07, 6.45) is 1.60. The normalized spacial score (nSPS) is 24.0. The van der Waals surface area contributed by atoms with E-state index in [0.29, 0.717) is 25.1 Å². The first kappa shape index (κ1) is 19.3. The van der Waals surface area contributed by atoms with E-state index in [0.717, 1.165) is 6.42 Å². The largest absolute Gasteiger partial charge is 0.452 e. The van der Waals surface area contributed by atoms with Crippen molar-refractivity contribution < 1.29 is 27.5 Å². The summed E-state index contributed by atoms with van der Waals surface area (Å²) in [5.74, 6) is -1.30. The summed E-state index contributed by atoms with van der Waals surface area (Å²) in [6, 6.07) is 6.51. The fourth-order valence-corrected chi connectivity index (χ4v) is 5.51. The van der Waals surface area contributed by atoms with Crippen molar-refractivity contribution in [2.45, 2.75) is 31.7 Å². The molecule has 2 heterocycles. The zero-order valence-corrected chi connectivity index (χ0v) is 15.9. The maximum absolute atomic E-state index is 12.2. The van der Waals surface area contributed by atoms with Crippen molar-refractivity contribution in [1.82, 2.24) is 5.32 Å². The molecule has 146 valence electrons. The monoisotopic (exact) mass is 394 g/mol. The zero-order valence-electron chi connectivity index (χ0n) is 15.1. The van der Waals surface area contributed by atoms with E-state index in [9.17, 15) is 22.8 Å². The lowest BCUT2D eigenvalue weighted by Crippen LogP contribution is -2.48. The highest BCUT2D eigenvalue weighted by atomic mass is 32.2. The van der Waals surface area contributed by atoms with Crippen LogP contribution >= 0.6 is 0 Å². The van der Waals surface area contributed by atoms with Crippen LogP contribution in [0.15, 0.2) is 24.3 Å². The fraction of sp³-hybridized carbons (Fsp3) is 0.500. The highest BCUT2D eigenvalue weighted by Gasteiger charge is 2.39. The first-order valence-corrected chi connectivity index (χ1v) is 10.6. The molecule has 0 aromatic heterocycles. The number of carbonyl (C=O) groups is 3. The summed E-state index contributed by atoms with van der Waals surface area (Å²) in [6.45, 7) is 1.77. The van der Waals surface area contributed by atoms with Gasteiger partial charge in [-0.15, -0.1) is 0 Å². The van der Waals surface area contributed by atoms with Crippen LogP contribution in [0.4, 0.5) is 5.69 Å². The number of anilines is 1. The summed E-state index contributed by atoms with van der Waals surface area (Å²) >= 11 is 0. The topological polar surface area (TPSA) is 110 Å². The minimum absolute atomic E-state index is 0.0136. The molecule has 8 nitrogen and oxygen atoms in total. The summed E-state index contributed by atoms with van der Waals surface area (Å²) in [5.41, 5.74) is 0.0352. The molecule has 2 saturated heterocycles. The van der Waals surface area contributed by atoms with Crippen molar-refractivity contribution in [2.24, 2.45) is 0 Å². The number of hydrogen-bond acceptors (Lipinski definition) is 6. The van der Waals surface area contributed by atoms with Crippen LogP contribution in [0.2, 0.25) is 0 Å². The van der Waals surface area contributed by atoms with Crippen molar-refractivity contribution in [3.05, 3.63) is 29.8 Å². The molecular weight excluding hydrogens is 372 g/mol. The molecule has 2 amide bonds. The molecule has 2 aliphatic rings. The molecule has 0 unspecified atom stereocenters. The molecule has 1 aromatic carbocycles. The second-order valence-electron chi connectivity index (χ2n) is 7.23. The number of esters is 1. The molecule has 2 aliphatic heterocycles. The van der Waals surface area contributed by atoms with Crippen LogP contribution in [-0.2, 0) is 24.2 Å². The molecule has 1 aromatic rings. The van der Waals surface area contributed by atoms with Crippen molar-refractivity contribution in [3.63, 3.8) is 0 Å². The Labute approximate surface area is 157 Å². The lowest BCUT2D eigenvalue weighted by Gasteiger charge is -2.23. The average Bonchev–Trinajstić information content (AvgIpc) is 3.15. The van der Waals surface area contributed by atoms with Gasteiger partial charge in [-0.05, 0) is 38.0 Å². The Morgan fingerprint density at radius 2 is 2.11 bits per heavy atom. The predicted molar refractivity (Wildman–Crippen MR) is 98.1 cm³/mol. The second kappa shape index (κ2) is 7.30. The maximum Gasteiger partial charge on any atom is 0.338 e. The third kappa shape index (κ3) is 4.65. The van der Waals surface area contributed by atoms with Crippen LogP contribution in [0.1, 0.15) is 36.5 Å². The van der Waals surface area contributed by atoms with E-state index in [1.165, 1.54) is 0 Å². The number of benzene rings is 1. The summed E-state index contributed by atoms with van der Waals surface area (Å²) in [5, 5.41) is 2.63. The predicted octanol–water partition coefficient (Wildman–Crippen LogP) is 0.664. The van der Waals surface area contributed by atoms with Gasteiger partial charge in [-0.2, -0.15) is 0 Å². The lowest BCUT2D eigenvalue weighted by atomic mass is 10.0. The highest BCUT2D eigenvalue weighted by molar-refractivity contribution is 7.91. The van der Waals surface area contributed by atoms with Gasteiger partial charge in [0.05, 0.1) is 22.6 Å². The Morgan fingerprint density at radius 3 is 2.74 bits per heavy atom. The van der Waals surface area contributed by atoms with Gasteiger partial charge in [-0.25, -0.2) is 13.2 Å². The first-order valence-electron chi connectivity index (χ1n) is 8.76. The molecule has 0 bridgehead atoms. The van der Waals surface area contributed by atoms with E-state index >= 15 is 0 Å². The number of nitrogens with one attached hydrogen (secondary N) is 1. The van der Waals surface area contributed by atoms with Gasteiger partial charge in [-0.1, -0.05) is 6.07 Å². The van der Waals surface area contributed by atoms with Gasteiger partial charge in [0, 0.05) is 18.7 Å². The fourth-order valence-electron chi connectivity index (χ4n) is 3.42. The molecule has 1 atom stereocenters. The van der Waals surface area contributed by atoms with Crippen LogP contribution in [0, 0.1) is 0 Å². The van der Waals surface area contributed by atoms with Gasteiger partial charge in [0.15, 0.2) is 16.4 Å². The van der Waals surface area contributed by atoms with E-state index in [1.54, 1.807) is 36.1 Å². The molecule has 0 radical (unpaired) electrons. The van der Waals surface area contributed by atoms with Gasteiger partial charge in [0.25, 0.3) is 5.91 Å². The Balaban J connectivity index is 1.56. The van der Waals surface area contributed by atoms with Crippen molar-refractivity contribution in [1.29, 1.82) is 0 Å². The van der Waals surface area contributed by atoms with Crippen LogP contribution in [0.3, 0.4) is 0 Å². The molecule has 3 rings (SSSR count). The number of hydrogen-bond donors (Lipinski definition) is 1. The van der Waals surface area contributed by atoms with E-state index < -0.39 is 33.9 Å². The van der Waals surface area contributed by atoms with Gasteiger partial charge in [-0.3, -0.25) is 9.59 Å². The molecule has 9 heteroatoms. The molecule has 0 saturated carbocycles. The Kier molecular flexibility index (Phi) is 5.23. The van der Waals surface area contributed by atoms with E-state index in [-0.39, 0.29) is 23.0 Å². The first-order chi connectivity index (χ1) is 12.7. The second-order valence-corrected chi connectivity index (χ2v) is 9.41. The molecular formula is C18H22N2O6S. The molecule has 2 fully saturated rings. The summed E-state index contributed by atoms with van der Waals surface area (Å²) < 4.78 is 28.2. The lowest BCUT2D eigenvalue weighted by molar-refractivity contribution is -0.125. The highest BCUT2D eigenvalue weighted by Crippen LogP contribution is 2.23. The number of ether oxygens (including phenoxy) is 1. The van der Waals surface area contributed by atoms with E-state index in [1.807, 2.05) is 0 Å². The quantitative estimate of drug-likeness (QED) is 0.735. The van der Waals surface area contributed by atoms with Crippen LogP contribution in [0.5, 0.6) is 0 Å². The van der Waals surface area contributed by atoms with Crippen molar-refractivity contribution in [2.75, 3.05) is 29.6 Å². The van der Waals surface area contributed by atoms with E-state index in [2.05, 4.69) is 5.32 Å². The SMILES string of the molecule is C[C@@]1(NC(=O)COC(=O)c2cccc(N3CCCC3=O)c2)CCS(=O)(=O)C1. The Hall–Kier alpha value is -2.42. The van der Waals surface area contributed by atoms with Gasteiger partial charge in [0.2, 0.25) is 5.91 Å². The smallest absolute Gasteiger partial charge is 0.338 e. The number of sulfone groups is 1. The minimum Gasteiger partial charge on any atom is -0.452 e. The standard InChI is InChI=1S/C18H22N2O6S/c1-18(7-9-27(24,25)12-18)19-15(21)11-26-17(23)13-4-2-5-14(10-13)20-8-3-6-16(20)22/h2,4-5,10H,3,6-9,11-12H2,1H3,(H,19,21)/t18-/m1/s1. The maximum atomic E-state index is 12.2. The third-order valence-corrected chi connectivity index (χ3v) is 6.65. The van der Waals surface area contributed by atoms with Crippen LogP contribution in [0.25, 0.3) is 0 Å². The number of nitrogens with zero attached hydrogens (tertiary/aromatic N) is 1. The molecule has 0 spiro atoms. The zero-order chi connectivity index (χ0) is 19.7. The third-order valence-electron chi connectivity index (χ3n) is 4.75. The number of carbonyl (C=O) groups excluding carboxylic acids is 3. The van der Waals surface area contributed by atoms with Crippen LogP contribution < -0.4 is 10.2 Å². The van der Waals surface area contributed by atoms with Gasteiger partial charge in [0.1, 0.15) is 0 Å². The Bertz CT molecular complexity index is 882. The van der Waals surface area contributed by atoms with Crippen molar-refractivity contribution >= 4 is 33.3 Å². The summed E-state index contributed by atoms with van der Waals surface area (Å²) in [7, 11) is -3.15. The van der Waals surface area contributed by atoms with Gasteiger partial charge < -0.3 is 15.0 Å². The average molecular weight is 394 g/mol. The number of amides is 2. The number of rotatable bonds is 5. The molecule has 0 aliphatic carbocycles. The Morgan fingerprint density at radius 1 is 1.33 bits per heavy atom. The van der Waals surface area contributed by atoms with Crippen LogP contribution in [-0.4, -0.2) is 56.4 Å². The van der Waals surface area contributed by atoms with E-state index in [4.69, 9.17) is 4.74 Å².